The number of benzene rings is 2. The van der Waals surface area contributed by atoms with Gasteiger partial charge in [-0.3, -0.25) is 9.59 Å². The molecule has 0 heterocycles. The van der Waals surface area contributed by atoms with Gasteiger partial charge in [0.2, 0.25) is 11.8 Å². The van der Waals surface area contributed by atoms with Gasteiger partial charge < -0.3 is 30.3 Å². The first-order valence-corrected chi connectivity index (χ1v) is 20.2. The maximum Gasteiger partial charge on any atom is 0.337 e. The SMILES string of the molecule is COC(=O)c1cccc(NC(=O)CC[C@H](NC(=O)CC[C@@H](C)[C@H]2CC[C@H]3[C@@H]4[C@H](O)C[C@@H]5C[C@H](O)CC[C@]5(C)[C@H]4CC[C@]23C)C(=O)OCc2ccccc2)c1. The van der Waals surface area contributed by atoms with Gasteiger partial charge in [-0.1, -0.05) is 57.2 Å². The zero-order chi connectivity index (χ0) is 38.6. The maximum atomic E-state index is 13.5. The molecule has 294 valence electrons. The van der Waals surface area contributed by atoms with Crippen LogP contribution < -0.4 is 10.6 Å². The minimum atomic E-state index is -1.01. The topological polar surface area (TPSA) is 151 Å². The zero-order valence-electron chi connectivity index (χ0n) is 32.4. The van der Waals surface area contributed by atoms with Crippen molar-refractivity contribution < 1.29 is 38.9 Å². The second-order valence-corrected chi connectivity index (χ2v) is 17.3. The number of aliphatic hydroxyl groups excluding tert-OH is 2. The Labute approximate surface area is 320 Å². The number of carbonyl (C=O) groups excluding carboxylic acids is 4. The average molecular weight is 745 g/mol. The number of hydrogen-bond donors (Lipinski definition) is 4. The lowest BCUT2D eigenvalue weighted by Gasteiger charge is -2.62. The molecule has 4 fully saturated rings. The summed E-state index contributed by atoms with van der Waals surface area (Å²) < 4.78 is 10.4. The molecule has 2 amide bonds. The Morgan fingerprint density at radius 2 is 1.57 bits per heavy atom. The van der Waals surface area contributed by atoms with Crippen LogP contribution >= 0.6 is 0 Å². The average Bonchev–Trinajstić information content (AvgIpc) is 3.52. The summed E-state index contributed by atoms with van der Waals surface area (Å²) in [6.45, 7) is 7.17. The van der Waals surface area contributed by atoms with E-state index in [1.165, 1.54) is 13.2 Å². The van der Waals surface area contributed by atoms with Crippen LogP contribution in [0, 0.1) is 46.3 Å². The summed E-state index contributed by atoms with van der Waals surface area (Å²) in [6.07, 6.45) is 8.29. The van der Waals surface area contributed by atoms with Gasteiger partial charge in [-0.2, -0.15) is 0 Å². The van der Waals surface area contributed by atoms with Gasteiger partial charge in [-0.05, 0) is 134 Å². The maximum absolute atomic E-state index is 13.5. The van der Waals surface area contributed by atoms with E-state index in [4.69, 9.17) is 9.47 Å². The van der Waals surface area contributed by atoms with Crippen LogP contribution in [0.3, 0.4) is 0 Å². The first-order chi connectivity index (χ1) is 25.8. The van der Waals surface area contributed by atoms with Crippen molar-refractivity contribution in [2.24, 2.45) is 46.3 Å². The van der Waals surface area contributed by atoms with Crippen LogP contribution in [0.5, 0.6) is 0 Å². The van der Waals surface area contributed by atoms with Crippen LogP contribution in [0.2, 0.25) is 0 Å². The number of nitrogens with one attached hydrogen (secondary N) is 2. The number of fused-ring (bicyclic) bond motifs is 5. The summed E-state index contributed by atoms with van der Waals surface area (Å²) in [7, 11) is 1.29. The van der Waals surface area contributed by atoms with E-state index in [9.17, 15) is 29.4 Å². The Morgan fingerprint density at radius 3 is 2.33 bits per heavy atom. The summed E-state index contributed by atoms with van der Waals surface area (Å²) >= 11 is 0. The summed E-state index contributed by atoms with van der Waals surface area (Å²) in [4.78, 5) is 51.7. The highest BCUT2D eigenvalue weighted by atomic mass is 16.5. The highest BCUT2D eigenvalue weighted by Crippen LogP contribution is 2.68. The van der Waals surface area contributed by atoms with Gasteiger partial charge in [0.05, 0.1) is 24.9 Å². The molecule has 0 saturated heterocycles. The predicted octanol–water partition coefficient (Wildman–Crippen LogP) is 6.83. The molecule has 4 aliphatic carbocycles. The number of anilines is 1. The van der Waals surface area contributed by atoms with E-state index < -0.39 is 18.0 Å². The second kappa shape index (κ2) is 16.9. The Kier molecular flexibility index (Phi) is 12.5. The molecule has 6 rings (SSSR count). The molecule has 0 spiro atoms. The van der Waals surface area contributed by atoms with Crippen molar-refractivity contribution >= 4 is 29.4 Å². The van der Waals surface area contributed by atoms with Gasteiger partial charge in [0.1, 0.15) is 12.6 Å². The number of amides is 2. The molecular weight excluding hydrogens is 684 g/mol. The second-order valence-electron chi connectivity index (χ2n) is 17.3. The number of esters is 2. The molecule has 0 aliphatic heterocycles. The number of methoxy groups -OCH3 is 1. The third-order valence-electron chi connectivity index (χ3n) is 14.3. The number of carbonyl (C=O) groups is 4. The molecule has 0 aromatic heterocycles. The van der Waals surface area contributed by atoms with E-state index in [1.807, 2.05) is 30.3 Å². The Bertz CT molecular complexity index is 1650. The monoisotopic (exact) mass is 744 g/mol. The number of hydrogen-bond acceptors (Lipinski definition) is 8. The highest BCUT2D eigenvalue weighted by molar-refractivity contribution is 5.95. The molecule has 2 aromatic rings. The van der Waals surface area contributed by atoms with Crippen molar-refractivity contribution in [1.29, 1.82) is 0 Å². The molecule has 2 aromatic carbocycles. The van der Waals surface area contributed by atoms with Gasteiger partial charge in [-0.15, -0.1) is 0 Å². The number of ether oxygens (including phenoxy) is 2. The van der Waals surface area contributed by atoms with Crippen LogP contribution in [-0.2, 0) is 30.5 Å². The fourth-order valence-electron chi connectivity index (χ4n) is 11.4. The Hall–Kier alpha value is -3.76. The Morgan fingerprint density at radius 1 is 0.852 bits per heavy atom. The quantitative estimate of drug-likeness (QED) is 0.163. The van der Waals surface area contributed by atoms with Crippen molar-refractivity contribution in [3.05, 3.63) is 65.7 Å². The normalized spacial score (nSPS) is 32.5. The van der Waals surface area contributed by atoms with Crippen LogP contribution in [0.4, 0.5) is 5.69 Å². The van der Waals surface area contributed by atoms with Crippen molar-refractivity contribution in [3.8, 4) is 0 Å². The van der Waals surface area contributed by atoms with E-state index in [0.29, 0.717) is 41.3 Å². The van der Waals surface area contributed by atoms with E-state index in [2.05, 4.69) is 31.4 Å². The largest absolute Gasteiger partial charge is 0.465 e. The molecule has 4 saturated carbocycles. The van der Waals surface area contributed by atoms with Gasteiger partial charge in [0.25, 0.3) is 0 Å². The summed E-state index contributed by atoms with van der Waals surface area (Å²) in [5.41, 5.74) is 1.82. The first-order valence-electron chi connectivity index (χ1n) is 20.2. The number of rotatable bonds is 13. The van der Waals surface area contributed by atoms with Crippen molar-refractivity contribution in [3.63, 3.8) is 0 Å². The summed E-state index contributed by atoms with van der Waals surface area (Å²) in [5, 5.41) is 27.7. The zero-order valence-corrected chi connectivity index (χ0v) is 32.4. The fraction of sp³-hybridized carbons (Fsp3) is 0.636. The van der Waals surface area contributed by atoms with E-state index in [-0.39, 0.29) is 72.6 Å². The van der Waals surface area contributed by atoms with Crippen molar-refractivity contribution in [1.82, 2.24) is 5.32 Å². The van der Waals surface area contributed by atoms with E-state index in [0.717, 1.165) is 56.9 Å². The van der Waals surface area contributed by atoms with Crippen molar-refractivity contribution in [2.45, 2.75) is 123 Å². The molecule has 4 aliphatic rings. The minimum Gasteiger partial charge on any atom is -0.465 e. The van der Waals surface area contributed by atoms with Gasteiger partial charge >= 0.3 is 11.9 Å². The molecule has 0 unspecified atom stereocenters. The molecule has 54 heavy (non-hydrogen) atoms. The molecule has 11 atom stereocenters. The van der Waals surface area contributed by atoms with Gasteiger partial charge in [0, 0.05) is 18.5 Å². The van der Waals surface area contributed by atoms with Crippen molar-refractivity contribution in [2.75, 3.05) is 12.4 Å². The lowest BCUT2D eigenvalue weighted by Crippen LogP contribution is -2.58. The molecule has 4 N–H and O–H groups in total. The molecule has 0 bridgehead atoms. The standard InChI is InChI=1S/C44H60N2O8/c1-27(33-14-15-34-40-35(20-22-44(33,34)3)43(2)21-19-32(47)24-30(43)25-37(40)48)13-17-39(50)46-36(42(52)54-26-28-9-6-5-7-10-28)16-18-38(49)45-31-12-8-11-29(23-31)41(51)53-4/h5-12,23,27,30,32-37,40,47-48H,13-22,24-26H2,1-4H3,(H,45,49)(H,46,50)/t27-,30+,32-,33-,34+,35+,36+,37-,40+,43+,44-/m1/s1. The molecule has 10 heteroatoms. The lowest BCUT2D eigenvalue weighted by molar-refractivity contribution is -0.174. The first kappa shape index (κ1) is 39.9. The van der Waals surface area contributed by atoms with Gasteiger partial charge in [0.15, 0.2) is 0 Å². The van der Waals surface area contributed by atoms with E-state index >= 15 is 0 Å². The molecule has 0 radical (unpaired) electrons. The van der Waals surface area contributed by atoms with Gasteiger partial charge in [-0.25, -0.2) is 9.59 Å². The summed E-state index contributed by atoms with van der Waals surface area (Å²) in [6, 6.07) is 14.7. The summed E-state index contributed by atoms with van der Waals surface area (Å²) in [5.74, 6) is 0.604. The predicted molar refractivity (Wildman–Crippen MR) is 205 cm³/mol. The van der Waals surface area contributed by atoms with E-state index in [1.54, 1.807) is 18.2 Å². The smallest absolute Gasteiger partial charge is 0.337 e. The lowest BCUT2D eigenvalue weighted by atomic mass is 9.43. The number of aliphatic hydroxyl groups is 2. The fourth-order valence-corrected chi connectivity index (χ4v) is 11.4. The molecular formula is C44H60N2O8. The third kappa shape index (κ3) is 8.55. The van der Waals surface area contributed by atoms with Crippen LogP contribution in [0.1, 0.15) is 114 Å². The molecule has 10 nitrogen and oxygen atoms in total. The third-order valence-corrected chi connectivity index (χ3v) is 14.3. The minimum absolute atomic E-state index is 0.0451. The highest BCUT2D eigenvalue weighted by Gasteiger charge is 2.62. The Balaban J connectivity index is 1.05. The van der Waals surface area contributed by atoms with Crippen LogP contribution in [-0.4, -0.2) is 59.3 Å². The van der Waals surface area contributed by atoms with Crippen LogP contribution in [0.15, 0.2) is 54.6 Å². The van der Waals surface area contributed by atoms with Crippen LogP contribution in [0.25, 0.3) is 0 Å².